The number of nitrogens with two attached hydrogens (primary N) is 2. The second kappa shape index (κ2) is 5.70. The summed E-state index contributed by atoms with van der Waals surface area (Å²) in [6.07, 6.45) is 0. The molecule has 0 saturated heterocycles. The molecule has 0 aliphatic rings. The molecule has 1 unspecified atom stereocenters. The standard InChI is InChI=1S/C6H14N4OS/c1-3-9-5(11)4(2)12-6(7)10-8/h4H,3,8H2,1-2H3,(H2,7,10)(H,9,11). The van der Waals surface area contributed by atoms with Crippen LogP contribution in [0.3, 0.4) is 0 Å². The number of thioether (sulfide) groups is 1. The summed E-state index contributed by atoms with van der Waals surface area (Å²) in [4.78, 5) is 11.1. The van der Waals surface area contributed by atoms with Crippen LogP contribution in [0.1, 0.15) is 13.8 Å². The fourth-order valence-corrected chi connectivity index (χ4v) is 1.20. The van der Waals surface area contributed by atoms with Gasteiger partial charge >= 0.3 is 0 Å². The maximum absolute atomic E-state index is 11.1. The van der Waals surface area contributed by atoms with E-state index in [0.717, 1.165) is 11.8 Å². The zero-order chi connectivity index (χ0) is 9.56. The summed E-state index contributed by atoms with van der Waals surface area (Å²) in [5.74, 6) is 4.84. The molecule has 1 atom stereocenters. The number of hydrogen-bond donors (Lipinski definition) is 3. The molecular formula is C6H14N4OS. The predicted octanol–water partition coefficient (Wildman–Crippen LogP) is -0.567. The van der Waals surface area contributed by atoms with Crippen LogP contribution >= 0.6 is 11.8 Å². The fraction of sp³-hybridized carbons (Fsp3) is 0.667. The Labute approximate surface area is 75.9 Å². The van der Waals surface area contributed by atoms with E-state index in [4.69, 9.17) is 11.6 Å². The van der Waals surface area contributed by atoms with Crippen LogP contribution in [0.5, 0.6) is 0 Å². The largest absolute Gasteiger partial charge is 0.377 e. The van der Waals surface area contributed by atoms with Crippen LogP contribution in [0.2, 0.25) is 0 Å². The number of hydrazone groups is 1. The number of carbonyl (C=O) groups excluding carboxylic acids is 1. The first kappa shape index (κ1) is 11.1. The molecule has 0 fully saturated rings. The molecule has 0 saturated carbocycles. The summed E-state index contributed by atoms with van der Waals surface area (Å²) in [6, 6.07) is 0. The number of carbonyl (C=O) groups is 1. The van der Waals surface area contributed by atoms with Crippen LogP contribution in [-0.2, 0) is 4.79 Å². The Bertz CT molecular complexity index is 182. The lowest BCUT2D eigenvalue weighted by Crippen LogP contribution is -2.32. The molecule has 70 valence electrons. The van der Waals surface area contributed by atoms with Crippen LogP contribution in [0.15, 0.2) is 5.10 Å². The van der Waals surface area contributed by atoms with Crippen molar-refractivity contribution in [1.29, 1.82) is 0 Å². The van der Waals surface area contributed by atoms with Gasteiger partial charge in [0, 0.05) is 6.54 Å². The number of hydrogen-bond acceptors (Lipinski definition) is 4. The third-order valence-electron chi connectivity index (χ3n) is 1.14. The third kappa shape index (κ3) is 4.07. The molecule has 0 aromatic rings. The number of amidine groups is 1. The summed E-state index contributed by atoms with van der Waals surface area (Å²) in [5, 5.41) is 5.88. The van der Waals surface area contributed by atoms with Crippen LogP contribution in [0.4, 0.5) is 0 Å². The average molecular weight is 190 g/mol. The van der Waals surface area contributed by atoms with Crippen molar-refractivity contribution >= 4 is 22.8 Å². The topological polar surface area (TPSA) is 93.5 Å². The summed E-state index contributed by atoms with van der Waals surface area (Å²) >= 11 is 1.14. The van der Waals surface area contributed by atoms with Crippen molar-refractivity contribution in [3.63, 3.8) is 0 Å². The molecule has 0 aromatic carbocycles. The first-order valence-corrected chi connectivity index (χ1v) is 4.47. The maximum atomic E-state index is 11.1. The monoisotopic (exact) mass is 190 g/mol. The Hall–Kier alpha value is -0.910. The van der Waals surface area contributed by atoms with Crippen molar-refractivity contribution in [2.24, 2.45) is 16.7 Å². The van der Waals surface area contributed by atoms with E-state index in [9.17, 15) is 4.79 Å². The normalized spacial score (nSPS) is 14.0. The Morgan fingerprint density at radius 3 is 2.75 bits per heavy atom. The molecule has 0 rings (SSSR count). The van der Waals surface area contributed by atoms with Crippen molar-refractivity contribution in [3.8, 4) is 0 Å². The second-order valence-electron chi connectivity index (χ2n) is 2.12. The molecule has 5 nitrogen and oxygen atoms in total. The molecule has 1 amide bonds. The molecule has 0 aliphatic heterocycles. The van der Waals surface area contributed by atoms with Crippen LogP contribution in [0.25, 0.3) is 0 Å². The fourth-order valence-electron chi connectivity index (χ4n) is 0.583. The van der Waals surface area contributed by atoms with E-state index in [1.165, 1.54) is 0 Å². The second-order valence-corrected chi connectivity index (χ2v) is 3.48. The van der Waals surface area contributed by atoms with Crippen molar-refractivity contribution in [2.75, 3.05) is 6.54 Å². The van der Waals surface area contributed by atoms with Gasteiger partial charge in [-0.25, -0.2) is 0 Å². The lowest BCUT2D eigenvalue weighted by atomic mass is 10.4. The molecule has 0 spiro atoms. The van der Waals surface area contributed by atoms with E-state index >= 15 is 0 Å². The maximum Gasteiger partial charge on any atom is 0.233 e. The van der Waals surface area contributed by atoms with Gasteiger partial charge in [0.1, 0.15) is 0 Å². The Morgan fingerprint density at radius 2 is 2.33 bits per heavy atom. The summed E-state index contributed by atoms with van der Waals surface area (Å²) in [6.45, 7) is 4.22. The minimum absolute atomic E-state index is 0.0610. The molecule has 0 heterocycles. The van der Waals surface area contributed by atoms with Crippen LogP contribution in [-0.4, -0.2) is 22.9 Å². The first-order valence-electron chi connectivity index (χ1n) is 3.59. The molecule has 0 bridgehead atoms. The Kier molecular flexibility index (Phi) is 5.27. The Balaban J connectivity index is 3.86. The number of amides is 1. The minimum atomic E-state index is -0.253. The summed E-state index contributed by atoms with van der Waals surface area (Å²) < 4.78 is 0. The van der Waals surface area contributed by atoms with Gasteiger partial charge in [-0.05, 0) is 13.8 Å². The number of nitrogens with one attached hydrogen (secondary N) is 1. The van der Waals surface area contributed by atoms with Gasteiger partial charge in [-0.3, -0.25) is 4.79 Å². The van der Waals surface area contributed by atoms with Crippen molar-refractivity contribution in [2.45, 2.75) is 19.1 Å². The Morgan fingerprint density at radius 1 is 1.75 bits per heavy atom. The summed E-state index contributed by atoms with van der Waals surface area (Å²) in [7, 11) is 0. The first-order chi connectivity index (χ1) is 5.61. The zero-order valence-electron chi connectivity index (χ0n) is 7.20. The molecule has 6 heteroatoms. The van der Waals surface area contributed by atoms with E-state index in [1.807, 2.05) is 6.92 Å². The van der Waals surface area contributed by atoms with E-state index < -0.39 is 0 Å². The lowest BCUT2D eigenvalue weighted by molar-refractivity contribution is -0.120. The molecule has 12 heavy (non-hydrogen) atoms. The van der Waals surface area contributed by atoms with Gasteiger partial charge in [0.05, 0.1) is 5.25 Å². The molecule has 0 radical (unpaired) electrons. The van der Waals surface area contributed by atoms with Gasteiger partial charge in [0.2, 0.25) is 5.91 Å². The van der Waals surface area contributed by atoms with Crippen molar-refractivity contribution in [1.82, 2.24) is 5.32 Å². The van der Waals surface area contributed by atoms with Crippen molar-refractivity contribution < 1.29 is 4.79 Å². The summed E-state index contributed by atoms with van der Waals surface area (Å²) in [5.41, 5.74) is 5.32. The van der Waals surface area contributed by atoms with Gasteiger partial charge < -0.3 is 16.9 Å². The van der Waals surface area contributed by atoms with Gasteiger partial charge in [0.25, 0.3) is 0 Å². The van der Waals surface area contributed by atoms with Gasteiger partial charge in [-0.15, -0.1) is 0 Å². The third-order valence-corrected chi connectivity index (χ3v) is 2.06. The van der Waals surface area contributed by atoms with E-state index in [2.05, 4.69) is 10.4 Å². The van der Waals surface area contributed by atoms with Gasteiger partial charge in [-0.1, -0.05) is 11.8 Å². The molecule has 0 aromatic heterocycles. The smallest absolute Gasteiger partial charge is 0.233 e. The van der Waals surface area contributed by atoms with E-state index in [1.54, 1.807) is 6.92 Å². The van der Waals surface area contributed by atoms with E-state index in [0.29, 0.717) is 6.54 Å². The average Bonchev–Trinajstić information content (AvgIpc) is 2.04. The highest BCUT2D eigenvalue weighted by Crippen LogP contribution is 2.08. The van der Waals surface area contributed by atoms with E-state index in [-0.39, 0.29) is 16.3 Å². The molecular weight excluding hydrogens is 176 g/mol. The number of nitrogens with zero attached hydrogens (tertiary/aromatic N) is 1. The zero-order valence-corrected chi connectivity index (χ0v) is 8.02. The SMILES string of the molecule is CCNC(=O)C(C)SC(N)=NN. The quantitative estimate of drug-likeness (QED) is 0.240. The highest BCUT2D eigenvalue weighted by atomic mass is 32.2. The highest BCUT2D eigenvalue weighted by molar-refractivity contribution is 8.14. The highest BCUT2D eigenvalue weighted by Gasteiger charge is 2.13. The lowest BCUT2D eigenvalue weighted by Gasteiger charge is -2.08. The predicted molar refractivity (Wildman–Crippen MR) is 51.5 cm³/mol. The minimum Gasteiger partial charge on any atom is -0.377 e. The van der Waals surface area contributed by atoms with Crippen LogP contribution < -0.4 is 16.9 Å². The van der Waals surface area contributed by atoms with Gasteiger partial charge in [-0.2, -0.15) is 5.10 Å². The number of rotatable bonds is 3. The van der Waals surface area contributed by atoms with Crippen molar-refractivity contribution in [3.05, 3.63) is 0 Å². The molecule has 5 N–H and O–H groups in total. The van der Waals surface area contributed by atoms with Gasteiger partial charge in [0.15, 0.2) is 5.17 Å². The van der Waals surface area contributed by atoms with Crippen LogP contribution in [0, 0.1) is 0 Å². The molecule has 0 aliphatic carbocycles.